The number of nitrogens with two attached hydrogens (primary N) is 1. The van der Waals surface area contributed by atoms with Gasteiger partial charge in [-0.05, 0) is 32.1 Å². The zero-order valence-corrected chi connectivity index (χ0v) is 11.9. The van der Waals surface area contributed by atoms with Crippen molar-refractivity contribution in [1.29, 1.82) is 0 Å². The summed E-state index contributed by atoms with van der Waals surface area (Å²) in [6, 6.07) is 0.0903. The second kappa shape index (κ2) is 7.82. The van der Waals surface area contributed by atoms with Crippen molar-refractivity contribution in [3.05, 3.63) is 0 Å². The van der Waals surface area contributed by atoms with Gasteiger partial charge in [0.1, 0.15) is 0 Å². The van der Waals surface area contributed by atoms with Crippen LogP contribution in [0.3, 0.4) is 0 Å². The van der Waals surface area contributed by atoms with Crippen molar-refractivity contribution in [3.63, 3.8) is 0 Å². The smallest absolute Gasteiger partial charge is 0.224 e. The van der Waals surface area contributed by atoms with Gasteiger partial charge in [-0.1, -0.05) is 6.42 Å². The molecule has 0 aliphatic carbocycles. The summed E-state index contributed by atoms with van der Waals surface area (Å²) in [5.74, 6) is 0.264. The van der Waals surface area contributed by atoms with Crippen molar-refractivity contribution < 1.29 is 4.79 Å². The monoisotopic (exact) mass is 268 g/mol. The first kappa shape index (κ1) is 14.8. The fourth-order valence-electron chi connectivity index (χ4n) is 2.95. The summed E-state index contributed by atoms with van der Waals surface area (Å²) < 4.78 is 0. The SMILES string of the molecule is NCC(CC(=O)N1CCCCC1)NN1CCCCC1. The summed E-state index contributed by atoms with van der Waals surface area (Å²) in [6.07, 6.45) is 7.90. The van der Waals surface area contributed by atoms with Crippen molar-refractivity contribution in [2.45, 2.75) is 51.0 Å². The van der Waals surface area contributed by atoms with Crippen molar-refractivity contribution in [1.82, 2.24) is 15.3 Å². The highest BCUT2D eigenvalue weighted by Crippen LogP contribution is 2.11. The third-order valence-electron chi connectivity index (χ3n) is 4.14. The van der Waals surface area contributed by atoms with E-state index >= 15 is 0 Å². The highest BCUT2D eigenvalue weighted by atomic mass is 16.2. The van der Waals surface area contributed by atoms with Crippen molar-refractivity contribution in [2.75, 3.05) is 32.7 Å². The van der Waals surface area contributed by atoms with Gasteiger partial charge >= 0.3 is 0 Å². The summed E-state index contributed by atoms with van der Waals surface area (Å²) in [5.41, 5.74) is 9.24. The molecule has 2 heterocycles. The van der Waals surface area contributed by atoms with Crippen LogP contribution in [-0.4, -0.2) is 54.6 Å². The standard InChI is InChI=1S/C14H28N4O/c15-12-13(16-18-9-5-2-6-10-18)11-14(19)17-7-3-1-4-8-17/h13,16H,1-12,15H2. The third-order valence-corrected chi connectivity index (χ3v) is 4.14. The van der Waals surface area contributed by atoms with Gasteiger partial charge in [-0.3, -0.25) is 10.2 Å². The van der Waals surface area contributed by atoms with E-state index in [-0.39, 0.29) is 11.9 Å². The van der Waals surface area contributed by atoms with Crippen LogP contribution in [-0.2, 0) is 4.79 Å². The minimum atomic E-state index is 0.0903. The number of likely N-dealkylation sites (tertiary alicyclic amines) is 1. The molecule has 19 heavy (non-hydrogen) atoms. The van der Waals surface area contributed by atoms with Crippen LogP contribution < -0.4 is 11.2 Å². The van der Waals surface area contributed by atoms with Gasteiger partial charge in [0.15, 0.2) is 0 Å². The van der Waals surface area contributed by atoms with Gasteiger partial charge in [0, 0.05) is 45.2 Å². The van der Waals surface area contributed by atoms with Crippen LogP contribution in [0.1, 0.15) is 44.9 Å². The summed E-state index contributed by atoms with van der Waals surface area (Å²) in [7, 11) is 0. The molecule has 2 fully saturated rings. The average molecular weight is 268 g/mol. The van der Waals surface area contributed by atoms with E-state index in [2.05, 4.69) is 10.4 Å². The van der Waals surface area contributed by atoms with Gasteiger partial charge < -0.3 is 10.6 Å². The molecule has 3 N–H and O–H groups in total. The lowest BCUT2D eigenvalue weighted by Crippen LogP contribution is -2.52. The van der Waals surface area contributed by atoms with Crippen LogP contribution in [0.25, 0.3) is 0 Å². The minimum Gasteiger partial charge on any atom is -0.343 e. The number of nitrogens with zero attached hydrogens (tertiary/aromatic N) is 2. The molecule has 2 aliphatic rings. The molecule has 1 atom stereocenters. The zero-order chi connectivity index (χ0) is 13.5. The van der Waals surface area contributed by atoms with Crippen LogP contribution in [0.2, 0.25) is 0 Å². The molecule has 1 amide bonds. The van der Waals surface area contributed by atoms with Crippen molar-refractivity contribution >= 4 is 5.91 Å². The topological polar surface area (TPSA) is 61.6 Å². The predicted octanol–water partition coefficient (Wildman–Crippen LogP) is 0.707. The first-order chi connectivity index (χ1) is 9.29. The van der Waals surface area contributed by atoms with Crippen LogP contribution in [0, 0.1) is 0 Å². The van der Waals surface area contributed by atoms with Gasteiger partial charge in [0.2, 0.25) is 5.91 Å². The molecule has 2 rings (SSSR count). The summed E-state index contributed by atoms with van der Waals surface area (Å²) >= 11 is 0. The molecule has 2 aliphatic heterocycles. The Bertz CT molecular complexity index is 273. The first-order valence-corrected chi connectivity index (χ1v) is 7.78. The molecule has 0 saturated carbocycles. The molecular formula is C14H28N4O. The maximum absolute atomic E-state index is 12.2. The van der Waals surface area contributed by atoms with E-state index in [0.717, 1.165) is 39.0 Å². The predicted molar refractivity (Wildman–Crippen MR) is 76.5 cm³/mol. The van der Waals surface area contributed by atoms with Crippen molar-refractivity contribution in [3.8, 4) is 0 Å². The molecule has 0 aromatic heterocycles. The summed E-state index contributed by atoms with van der Waals surface area (Å²) in [6.45, 7) is 4.54. The second-order valence-electron chi connectivity index (χ2n) is 5.76. The molecule has 0 aromatic carbocycles. The van der Waals surface area contributed by atoms with E-state index in [1.54, 1.807) is 0 Å². The lowest BCUT2D eigenvalue weighted by molar-refractivity contribution is -0.132. The molecule has 0 aromatic rings. The third kappa shape index (κ3) is 4.75. The van der Waals surface area contributed by atoms with Crippen LogP contribution >= 0.6 is 0 Å². The Balaban J connectivity index is 1.75. The summed E-state index contributed by atoms with van der Waals surface area (Å²) in [5, 5.41) is 2.24. The molecule has 0 spiro atoms. The second-order valence-corrected chi connectivity index (χ2v) is 5.76. The molecule has 5 nitrogen and oxygen atoms in total. The van der Waals surface area contributed by atoms with Crippen LogP contribution in [0.4, 0.5) is 0 Å². The number of hydrazine groups is 1. The Hall–Kier alpha value is -0.650. The number of hydrogen-bond acceptors (Lipinski definition) is 4. The molecule has 1 unspecified atom stereocenters. The Morgan fingerprint density at radius 2 is 1.58 bits per heavy atom. The number of piperidine rings is 2. The van der Waals surface area contributed by atoms with Gasteiger partial charge in [0.25, 0.3) is 0 Å². The van der Waals surface area contributed by atoms with E-state index in [0.29, 0.717) is 13.0 Å². The fraction of sp³-hybridized carbons (Fsp3) is 0.929. The lowest BCUT2D eigenvalue weighted by Gasteiger charge is -2.33. The molecule has 0 radical (unpaired) electrons. The molecule has 0 bridgehead atoms. The van der Waals surface area contributed by atoms with E-state index in [1.165, 1.54) is 25.7 Å². The first-order valence-electron chi connectivity index (χ1n) is 7.78. The van der Waals surface area contributed by atoms with Gasteiger partial charge in [-0.25, -0.2) is 5.01 Å². The Morgan fingerprint density at radius 3 is 2.16 bits per heavy atom. The van der Waals surface area contributed by atoms with Gasteiger partial charge in [-0.15, -0.1) is 0 Å². The Morgan fingerprint density at radius 1 is 1.00 bits per heavy atom. The highest BCUT2D eigenvalue weighted by Gasteiger charge is 2.21. The molecule has 110 valence electrons. The number of hydrogen-bond donors (Lipinski definition) is 2. The van der Waals surface area contributed by atoms with Crippen LogP contribution in [0.15, 0.2) is 0 Å². The van der Waals surface area contributed by atoms with E-state index in [4.69, 9.17) is 5.73 Å². The normalized spacial score (nSPS) is 23.3. The maximum atomic E-state index is 12.2. The maximum Gasteiger partial charge on any atom is 0.224 e. The van der Waals surface area contributed by atoms with E-state index < -0.39 is 0 Å². The van der Waals surface area contributed by atoms with Gasteiger partial charge in [0.05, 0.1) is 0 Å². The van der Waals surface area contributed by atoms with Gasteiger partial charge in [-0.2, -0.15) is 0 Å². The fourth-order valence-corrected chi connectivity index (χ4v) is 2.95. The molecule has 5 heteroatoms. The molecular weight excluding hydrogens is 240 g/mol. The number of rotatable bonds is 5. The quantitative estimate of drug-likeness (QED) is 0.771. The van der Waals surface area contributed by atoms with E-state index in [9.17, 15) is 4.79 Å². The lowest BCUT2D eigenvalue weighted by atomic mass is 10.1. The summed E-state index contributed by atoms with van der Waals surface area (Å²) in [4.78, 5) is 14.2. The number of nitrogens with one attached hydrogen (secondary N) is 1. The largest absolute Gasteiger partial charge is 0.343 e. The van der Waals surface area contributed by atoms with Crippen LogP contribution in [0.5, 0.6) is 0 Å². The Kier molecular flexibility index (Phi) is 6.07. The average Bonchev–Trinajstić information content (AvgIpc) is 2.48. The number of amides is 1. The van der Waals surface area contributed by atoms with E-state index in [1.807, 2.05) is 4.90 Å². The molecule has 2 saturated heterocycles. The minimum absolute atomic E-state index is 0.0903. The Labute approximate surface area is 116 Å². The number of carbonyl (C=O) groups excluding carboxylic acids is 1. The zero-order valence-electron chi connectivity index (χ0n) is 11.9. The van der Waals surface area contributed by atoms with Crippen molar-refractivity contribution in [2.24, 2.45) is 5.73 Å². The highest BCUT2D eigenvalue weighted by molar-refractivity contribution is 5.76. The number of carbonyl (C=O) groups is 1.